The molecule has 0 spiro atoms. The summed E-state index contributed by atoms with van der Waals surface area (Å²) >= 11 is 3.54. The second-order valence-electron chi connectivity index (χ2n) is 5.68. The predicted molar refractivity (Wildman–Crippen MR) is 81.9 cm³/mol. The highest BCUT2D eigenvalue weighted by atomic mass is 79.9. The molecule has 1 fully saturated rings. The Hall–Kier alpha value is -0.540. The van der Waals surface area contributed by atoms with Crippen molar-refractivity contribution >= 4 is 21.6 Å². The molecule has 0 saturated carbocycles. The molecule has 2 nitrogen and oxygen atoms in total. The van der Waals surface area contributed by atoms with Gasteiger partial charge in [-0.1, -0.05) is 29.8 Å². The molecule has 2 rings (SSSR count). The molecule has 1 aromatic carbocycles. The van der Waals surface area contributed by atoms with Crippen LogP contribution < -0.4 is 10.6 Å². The topological polar surface area (TPSA) is 29.3 Å². The number of nitrogens with zero attached hydrogens (tertiary/aromatic N) is 1. The summed E-state index contributed by atoms with van der Waals surface area (Å²) in [6.07, 6.45) is 1.27. The molecule has 1 aromatic rings. The van der Waals surface area contributed by atoms with E-state index in [1.54, 1.807) is 0 Å². The van der Waals surface area contributed by atoms with Crippen molar-refractivity contribution in [3.05, 3.63) is 28.2 Å². The van der Waals surface area contributed by atoms with Gasteiger partial charge in [-0.15, -0.1) is 0 Å². The number of piperidine rings is 1. The standard InChI is InChI=1S/C15H23BrN2/c1-10-6-7-18(9-11(10)2)15-5-4-13(16)8-14(15)12(3)17/h4-5,8,10-12H,6-7,9,17H2,1-3H3. The zero-order valence-corrected chi connectivity index (χ0v) is 13.1. The van der Waals surface area contributed by atoms with E-state index in [2.05, 4.69) is 59.8 Å². The van der Waals surface area contributed by atoms with Gasteiger partial charge in [-0.2, -0.15) is 0 Å². The Bertz CT molecular complexity index is 417. The van der Waals surface area contributed by atoms with Gasteiger partial charge in [-0.3, -0.25) is 0 Å². The van der Waals surface area contributed by atoms with E-state index in [0.29, 0.717) is 0 Å². The van der Waals surface area contributed by atoms with Gasteiger partial charge in [0.1, 0.15) is 0 Å². The van der Waals surface area contributed by atoms with Crippen molar-refractivity contribution in [1.29, 1.82) is 0 Å². The molecule has 1 aliphatic heterocycles. The SMILES string of the molecule is CC(N)c1cc(Br)ccc1N1CCC(C)C(C)C1. The van der Waals surface area contributed by atoms with Gasteiger partial charge in [0.05, 0.1) is 0 Å². The van der Waals surface area contributed by atoms with Crippen LogP contribution in [0.15, 0.2) is 22.7 Å². The van der Waals surface area contributed by atoms with Crippen molar-refractivity contribution in [2.45, 2.75) is 33.2 Å². The lowest BCUT2D eigenvalue weighted by Crippen LogP contribution is -2.39. The lowest BCUT2D eigenvalue weighted by Gasteiger charge is -2.38. The van der Waals surface area contributed by atoms with Crippen LogP contribution in [0.1, 0.15) is 38.8 Å². The number of hydrogen-bond donors (Lipinski definition) is 1. The molecule has 2 N–H and O–H groups in total. The fourth-order valence-corrected chi connectivity index (χ4v) is 3.04. The van der Waals surface area contributed by atoms with Gasteiger partial charge in [0.15, 0.2) is 0 Å². The Morgan fingerprint density at radius 1 is 1.33 bits per heavy atom. The fourth-order valence-electron chi connectivity index (χ4n) is 2.66. The largest absolute Gasteiger partial charge is 0.371 e. The highest BCUT2D eigenvalue weighted by Crippen LogP contribution is 2.33. The Labute approximate surface area is 119 Å². The van der Waals surface area contributed by atoms with Gasteiger partial charge < -0.3 is 10.6 Å². The molecule has 100 valence electrons. The lowest BCUT2D eigenvalue weighted by molar-refractivity contribution is 0.323. The van der Waals surface area contributed by atoms with Crippen LogP contribution in [0.25, 0.3) is 0 Å². The van der Waals surface area contributed by atoms with Crippen LogP contribution in [0.5, 0.6) is 0 Å². The molecule has 0 amide bonds. The summed E-state index contributed by atoms with van der Waals surface area (Å²) in [4.78, 5) is 2.50. The zero-order valence-electron chi connectivity index (χ0n) is 11.5. The molecule has 3 unspecified atom stereocenters. The molecule has 0 aromatic heterocycles. The van der Waals surface area contributed by atoms with E-state index in [-0.39, 0.29) is 6.04 Å². The monoisotopic (exact) mass is 310 g/mol. The minimum Gasteiger partial charge on any atom is -0.371 e. The minimum absolute atomic E-state index is 0.0761. The van der Waals surface area contributed by atoms with Gasteiger partial charge >= 0.3 is 0 Å². The smallest absolute Gasteiger partial charge is 0.0415 e. The molecule has 3 heteroatoms. The average Bonchev–Trinajstić information content (AvgIpc) is 2.32. The van der Waals surface area contributed by atoms with Crippen molar-refractivity contribution in [2.24, 2.45) is 17.6 Å². The maximum Gasteiger partial charge on any atom is 0.0415 e. The summed E-state index contributed by atoms with van der Waals surface area (Å²) in [7, 11) is 0. The first-order chi connectivity index (χ1) is 8.49. The maximum atomic E-state index is 6.10. The summed E-state index contributed by atoms with van der Waals surface area (Å²) in [5.41, 5.74) is 8.66. The van der Waals surface area contributed by atoms with Gasteiger partial charge in [0, 0.05) is 29.3 Å². The lowest BCUT2D eigenvalue weighted by atomic mass is 9.88. The highest BCUT2D eigenvalue weighted by Gasteiger charge is 2.24. The number of hydrogen-bond acceptors (Lipinski definition) is 2. The van der Waals surface area contributed by atoms with E-state index in [1.807, 2.05) is 0 Å². The minimum atomic E-state index is 0.0761. The third-order valence-corrected chi connectivity index (χ3v) is 4.65. The van der Waals surface area contributed by atoms with Gasteiger partial charge in [0.25, 0.3) is 0 Å². The van der Waals surface area contributed by atoms with Crippen LogP contribution in [-0.4, -0.2) is 13.1 Å². The van der Waals surface area contributed by atoms with E-state index in [0.717, 1.165) is 29.4 Å². The first-order valence-electron chi connectivity index (χ1n) is 6.79. The van der Waals surface area contributed by atoms with Crippen LogP contribution in [0.3, 0.4) is 0 Å². The van der Waals surface area contributed by atoms with E-state index in [9.17, 15) is 0 Å². The molecule has 1 heterocycles. The Balaban J connectivity index is 2.28. The second-order valence-corrected chi connectivity index (χ2v) is 6.60. The Morgan fingerprint density at radius 2 is 2.06 bits per heavy atom. The summed E-state index contributed by atoms with van der Waals surface area (Å²) in [5.74, 6) is 1.58. The van der Waals surface area contributed by atoms with Crippen molar-refractivity contribution in [3.63, 3.8) is 0 Å². The number of halogens is 1. The van der Waals surface area contributed by atoms with Crippen LogP contribution in [0.2, 0.25) is 0 Å². The van der Waals surface area contributed by atoms with Crippen LogP contribution in [0, 0.1) is 11.8 Å². The third kappa shape index (κ3) is 2.89. The molecular weight excluding hydrogens is 288 g/mol. The molecule has 1 saturated heterocycles. The first kappa shape index (κ1) is 13.9. The third-order valence-electron chi connectivity index (χ3n) is 4.15. The number of benzene rings is 1. The van der Waals surface area contributed by atoms with E-state index >= 15 is 0 Å². The maximum absolute atomic E-state index is 6.10. The number of nitrogens with two attached hydrogens (primary N) is 1. The Morgan fingerprint density at radius 3 is 2.67 bits per heavy atom. The summed E-state index contributed by atoms with van der Waals surface area (Å²) in [5, 5.41) is 0. The first-order valence-corrected chi connectivity index (χ1v) is 7.58. The van der Waals surface area contributed by atoms with Gasteiger partial charge in [-0.05, 0) is 48.9 Å². The normalized spacial score (nSPS) is 26.2. The summed E-state index contributed by atoms with van der Waals surface area (Å²) in [6.45, 7) is 9.05. The average molecular weight is 311 g/mol. The molecular formula is C15H23BrN2. The second kappa shape index (κ2) is 5.62. The fraction of sp³-hybridized carbons (Fsp3) is 0.600. The van der Waals surface area contributed by atoms with Gasteiger partial charge in [0.2, 0.25) is 0 Å². The molecule has 0 bridgehead atoms. The molecule has 0 radical (unpaired) electrons. The summed E-state index contributed by atoms with van der Waals surface area (Å²) in [6, 6.07) is 6.55. The molecule has 0 aliphatic carbocycles. The van der Waals surface area contributed by atoms with Crippen LogP contribution >= 0.6 is 15.9 Å². The van der Waals surface area contributed by atoms with Crippen LogP contribution in [-0.2, 0) is 0 Å². The highest BCUT2D eigenvalue weighted by molar-refractivity contribution is 9.10. The van der Waals surface area contributed by atoms with E-state index < -0.39 is 0 Å². The van der Waals surface area contributed by atoms with Crippen molar-refractivity contribution < 1.29 is 0 Å². The summed E-state index contributed by atoms with van der Waals surface area (Å²) < 4.78 is 1.11. The van der Waals surface area contributed by atoms with E-state index in [1.165, 1.54) is 17.7 Å². The molecule has 3 atom stereocenters. The van der Waals surface area contributed by atoms with E-state index in [4.69, 9.17) is 5.73 Å². The molecule has 18 heavy (non-hydrogen) atoms. The van der Waals surface area contributed by atoms with Crippen LogP contribution in [0.4, 0.5) is 5.69 Å². The Kier molecular flexibility index (Phi) is 4.33. The van der Waals surface area contributed by atoms with Crippen molar-refractivity contribution in [1.82, 2.24) is 0 Å². The van der Waals surface area contributed by atoms with Crippen molar-refractivity contribution in [3.8, 4) is 0 Å². The quantitative estimate of drug-likeness (QED) is 0.896. The van der Waals surface area contributed by atoms with Crippen molar-refractivity contribution in [2.75, 3.05) is 18.0 Å². The predicted octanol–water partition coefficient (Wildman–Crippen LogP) is 3.95. The van der Waals surface area contributed by atoms with Gasteiger partial charge in [-0.25, -0.2) is 0 Å². The number of anilines is 1. The molecule has 1 aliphatic rings. The number of rotatable bonds is 2. The zero-order chi connectivity index (χ0) is 13.3.